The van der Waals surface area contributed by atoms with Crippen LogP contribution in [0.2, 0.25) is 0 Å². The van der Waals surface area contributed by atoms with Gasteiger partial charge >= 0.3 is 6.18 Å². The van der Waals surface area contributed by atoms with Crippen LogP contribution in [0, 0.1) is 29.5 Å². The summed E-state index contributed by atoms with van der Waals surface area (Å²) in [6.07, 6.45) is 0.779. The summed E-state index contributed by atoms with van der Waals surface area (Å²) in [5, 5.41) is 11.1. The Bertz CT molecular complexity index is 2720. The Hall–Kier alpha value is -6.89. The third kappa shape index (κ3) is 20.8. The summed E-state index contributed by atoms with van der Waals surface area (Å²) >= 11 is 0. The molecule has 0 aromatic heterocycles. The van der Waals surface area contributed by atoms with Crippen LogP contribution in [0.1, 0.15) is 163 Å². The summed E-state index contributed by atoms with van der Waals surface area (Å²) in [5.74, 6) is -9.75. The highest BCUT2D eigenvalue weighted by Crippen LogP contribution is 2.33. The molecular formula is C64H101F4N11O11. The number of hydrogen-bond donors (Lipinski definition) is 4. The first-order valence-corrected chi connectivity index (χ1v) is 31.8. The number of benzene rings is 1. The number of nitrogens with one attached hydrogen (secondary N) is 4. The highest BCUT2D eigenvalue weighted by molar-refractivity contribution is 5.99. The number of aryl methyl sites for hydroxylation is 1. The van der Waals surface area contributed by atoms with Gasteiger partial charge in [0.1, 0.15) is 47.6 Å². The zero-order valence-corrected chi connectivity index (χ0v) is 55.7. The van der Waals surface area contributed by atoms with Gasteiger partial charge in [-0.2, -0.15) is 13.2 Å². The lowest BCUT2D eigenvalue weighted by Crippen LogP contribution is -2.63. The van der Waals surface area contributed by atoms with E-state index >= 15 is 0 Å². The molecule has 2 heterocycles. The maximum absolute atomic E-state index is 14.9. The van der Waals surface area contributed by atoms with Crippen molar-refractivity contribution < 1.29 is 70.3 Å². The molecule has 0 spiro atoms. The molecule has 506 valence electrons. The van der Waals surface area contributed by atoms with Crippen molar-refractivity contribution in [2.75, 3.05) is 68.5 Å². The van der Waals surface area contributed by atoms with Crippen molar-refractivity contribution in [2.24, 2.45) is 23.7 Å². The molecule has 4 N–H and O–H groups in total. The van der Waals surface area contributed by atoms with E-state index in [1.54, 1.807) is 27.7 Å². The van der Waals surface area contributed by atoms with Gasteiger partial charge in [-0.3, -0.25) is 52.7 Å². The molecular weight excluding hydrogens is 1170 g/mol. The first kappa shape index (κ1) is 75.6. The predicted octanol–water partition coefficient (Wildman–Crippen LogP) is 4.90. The molecule has 4 rings (SSSR count). The fourth-order valence-corrected chi connectivity index (χ4v) is 11.7. The summed E-state index contributed by atoms with van der Waals surface area (Å²) in [7, 11) is 8.36. The lowest BCUT2D eigenvalue weighted by molar-refractivity contribution is -0.149. The number of nitrogens with zero attached hydrogens (tertiary/aromatic N) is 7. The van der Waals surface area contributed by atoms with Gasteiger partial charge in [-0.25, -0.2) is 4.39 Å². The van der Waals surface area contributed by atoms with Gasteiger partial charge in [-0.05, 0) is 114 Å². The highest BCUT2D eigenvalue weighted by Gasteiger charge is 2.44. The number of carbonyl (C=O) groups excluding carboxylic acids is 11. The van der Waals surface area contributed by atoms with Crippen molar-refractivity contribution in [3.63, 3.8) is 0 Å². The average molecular weight is 1280 g/mol. The van der Waals surface area contributed by atoms with Crippen LogP contribution in [0.5, 0.6) is 0 Å². The smallest absolute Gasteiger partial charge is 0.343 e. The largest absolute Gasteiger partial charge is 0.419 e. The Kier molecular flexibility index (Phi) is 28.1. The van der Waals surface area contributed by atoms with E-state index in [4.69, 9.17) is 0 Å². The minimum absolute atomic E-state index is 0.00121. The first-order valence-electron chi connectivity index (χ1n) is 31.8. The third-order valence-electron chi connectivity index (χ3n) is 18.2. The Morgan fingerprint density at radius 3 is 1.78 bits per heavy atom. The number of alkyl halides is 3. The number of fused-ring (bicyclic) bond motifs is 1. The summed E-state index contributed by atoms with van der Waals surface area (Å²) in [6, 6.07) is -5.78. The van der Waals surface area contributed by atoms with E-state index in [0.29, 0.717) is 37.8 Å². The SMILES string of the molecule is CCC(C)[C@@H]1NC(=O)[C@@H]2CCCCN2C(=O)C[C@@H](C)N(C)C(=O)[C@H](CC(C)C)NC(=O)C(C)(C)N(C)C(=O)[C@H](CC(C)C)NC(=O)[C@H](CCc2ccc(C(F)(F)F)c(F)c2)NC(=O)CN(C)C(=O)[C@H](CC2CCCCC2)N(C)C(=O)CN(C)C(=O)CN(C)C1=O. The van der Waals surface area contributed by atoms with E-state index in [2.05, 4.69) is 21.3 Å². The number of rotatable bonds is 11. The Morgan fingerprint density at radius 1 is 0.622 bits per heavy atom. The van der Waals surface area contributed by atoms with Crippen molar-refractivity contribution >= 4 is 65.0 Å². The van der Waals surface area contributed by atoms with E-state index in [-0.39, 0.29) is 68.4 Å². The molecule has 0 bridgehead atoms. The summed E-state index contributed by atoms with van der Waals surface area (Å²) in [6.45, 7) is 14.0. The number of hydrogen-bond acceptors (Lipinski definition) is 11. The van der Waals surface area contributed by atoms with Gasteiger partial charge in [-0.1, -0.05) is 86.1 Å². The van der Waals surface area contributed by atoms with E-state index in [1.807, 2.05) is 20.8 Å². The number of piperidine rings is 1. The molecule has 2 aliphatic heterocycles. The molecule has 22 nitrogen and oxygen atoms in total. The summed E-state index contributed by atoms with van der Waals surface area (Å²) < 4.78 is 55.7. The first-order chi connectivity index (χ1) is 41.9. The zero-order chi connectivity index (χ0) is 67.9. The van der Waals surface area contributed by atoms with Crippen LogP contribution >= 0.6 is 0 Å². The van der Waals surface area contributed by atoms with Crippen molar-refractivity contribution in [3.8, 4) is 0 Å². The monoisotopic (exact) mass is 1280 g/mol. The molecule has 1 aromatic carbocycles. The van der Waals surface area contributed by atoms with Gasteiger partial charge in [0.2, 0.25) is 65.0 Å². The normalized spacial score (nSPS) is 25.7. The number of halogens is 4. The molecule has 2 saturated heterocycles. The maximum Gasteiger partial charge on any atom is 0.419 e. The van der Waals surface area contributed by atoms with E-state index in [0.717, 1.165) is 57.8 Å². The number of carbonyl (C=O) groups is 11. The van der Waals surface area contributed by atoms with Crippen LogP contribution < -0.4 is 21.3 Å². The van der Waals surface area contributed by atoms with Crippen LogP contribution in [0.25, 0.3) is 0 Å². The van der Waals surface area contributed by atoms with E-state index in [1.165, 1.54) is 70.8 Å². The van der Waals surface area contributed by atoms with Gasteiger partial charge in [-0.15, -0.1) is 0 Å². The van der Waals surface area contributed by atoms with Gasteiger partial charge in [0, 0.05) is 61.3 Å². The van der Waals surface area contributed by atoms with Crippen LogP contribution in [-0.4, -0.2) is 216 Å². The zero-order valence-electron chi connectivity index (χ0n) is 55.7. The number of likely N-dealkylation sites (N-methyl/N-ethyl adjacent to an activating group) is 6. The van der Waals surface area contributed by atoms with Crippen molar-refractivity contribution in [3.05, 3.63) is 35.1 Å². The molecule has 90 heavy (non-hydrogen) atoms. The molecule has 1 aliphatic carbocycles. The number of amides is 11. The quantitative estimate of drug-likeness (QED) is 0.217. The van der Waals surface area contributed by atoms with Crippen molar-refractivity contribution in [1.29, 1.82) is 0 Å². The van der Waals surface area contributed by atoms with Crippen LogP contribution in [0.4, 0.5) is 17.6 Å². The van der Waals surface area contributed by atoms with Gasteiger partial charge in [0.05, 0.1) is 25.2 Å². The molecule has 3 aliphatic rings. The molecule has 8 atom stereocenters. The Morgan fingerprint density at radius 2 is 1.20 bits per heavy atom. The van der Waals surface area contributed by atoms with Gasteiger partial charge in [0.25, 0.3) is 0 Å². The van der Waals surface area contributed by atoms with Crippen LogP contribution in [-0.2, 0) is 65.3 Å². The Balaban J connectivity index is 1.80. The second kappa shape index (κ2) is 33.4. The molecule has 26 heteroatoms. The summed E-state index contributed by atoms with van der Waals surface area (Å²) in [5.41, 5.74) is -3.18. The minimum Gasteiger partial charge on any atom is -0.343 e. The highest BCUT2D eigenvalue weighted by atomic mass is 19.4. The summed E-state index contributed by atoms with van der Waals surface area (Å²) in [4.78, 5) is 167. The fourth-order valence-electron chi connectivity index (χ4n) is 11.7. The second-order valence-electron chi connectivity index (χ2n) is 26.6. The predicted molar refractivity (Wildman–Crippen MR) is 330 cm³/mol. The molecule has 3 fully saturated rings. The fraction of sp³-hybridized carbons (Fsp3) is 0.734. The standard InChI is InChI=1S/C64H101F4N11O11/c1-16-40(6)55-61(89)75(12)36-53(82)73(10)37-54(83)77(14)50(34-42-22-18-17-19-23-42)60(88)74(11)35-51(80)69-46(28-26-43-25-27-44(45(65)33-43)64(66,67)68)56(84)70-48(31-39(4)5)59(87)78(15)63(8,9)62(90)71-47(30-38(2)3)58(86)76(13)41(7)32-52(81)79-29-21-20-24-49(79)57(85)72-55/h25,27,33,38-42,46-50,55H,16-24,26,28-32,34-37H2,1-15H3,(H,69,80)(H,70,84)(H,71,90)(H,72,85)/t40?,41-,46+,47+,48+,49+,50+,55+/m1/s1. The lowest BCUT2D eigenvalue weighted by atomic mass is 9.84. The second-order valence-corrected chi connectivity index (χ2v) is 26.6. The van der Waals surface area contributed by atoms with Gasteiger partial charge in [0.15, 0.2) is 0 Å². The lowest BCUT2D eigenvalue weighted by Gasteiger charge is -2.39. The Labute approximate surface area is 529 Å². The maximum atomic E-state index is 14.9. The third-order valence-corrected chi connectivity index (χ3v) is 18.2. The molecule has 1 aromatic rings. The van der Waals surface area contributed by atoms with E-state index in [9.17, 15) is 70.3 Å². The molecule has 11 amide bonds. The van der Waals surface area contributed by atoms with E-state index < -0.39 is 156 Å². The minimum atomic E-state index is -5.00. The van der Waals surface area contributed by atoms with Crippen molar-refractivity contribution in [2.45, 2.75) is 213 Å². The molecule has 0 radical (unpaired) electrons. The van der Waals surface area contributed by atoms with Crippen LogP contribution in [0.15, 0.2) is 18.2 Å². The van der Waals surface area contributed by atoms with Crippen molar-refractivity contribution in [1.82, 2.24) is 55.6 Å². The molecule has 1 unspecified atom stereocenters. The van der Waals surface area contributed by atoms with Gasteiger partial charge < -0.3 is 55.6 Å². The topological polar surface area (TPSA) is 259 Å². The molecule has 1 saturated carbocycles. The van der Waals surface area contributed by atoms with Crippen LogP contribution in [0.3, 0.4) is 0 Å². The average Bonchev–Trinajstić information content (AvgIpc) is 0.953.